The average molecular weight is 166 g/mol. The zero-order chi connectivity index (χ0) is 8.97. The Bertz CT molecular complexity index is 286. The lowest BCUT2D eigenvalue weighted by molar-refractivity contribution is -0.139. The summed E-state index contributed by atoms with van der Waals surface area (Å²) in [5.41, 5.74) is 0. The summed E-state index contributed by atoms with van der Waals surface area (Å²) in [4.78, 5) is 10.6. The molecule has 0 aliphatic heterocycles. The quantitative estimate of drug-likeness (QED) is 0.508. The molecule has 0 spiro atoms. The summed E-state index contributed by atoms with van der Waals surface area (Å²) in [5.74, 6) is 1.01. The molecule has 1 aromatic heterocycles. The molecule has 0 amide bonds. The number of carbonyl (C=O) groups is 1. The van der Waals surface area contributed by atoms with Crippen molar-refractivity contribution >= 4 is 5.97 Å². The minimum Gasteiger partial charge on any atom is -0.463 e. The van der Waals surface area contributed by atoms with Crippen LogP contribution in [0, 0.1) is 6.92 Å². The highest BCUT2D eigenvalue weighted by Crippen LogP contribution is 2.07. The first-order valence-corrected chi connectivity index (χ1v) is 3.57. The highest BCUT2D eigenvalue weighted by atomic mass is 16.5. The molecule has 12 heavy (non-hydrogen) atoms. The van der Waals surface area contributed by atoms with Crippen LogP contribution in [-0.4, -0.2) is 5.97 Å². The SMILES string of the molecule is C=CC(=O)OCc1ccc(C)o1. The molecule has 0 radical (unpaired) electrons. The summed E-state index contributed by atoms with van der Waals surface area (Å²) in [5, 5.41) is 0. The van der Waals surface area contributed by atoms with Crippen molar-refractivity contribution in [3.8, 4) is 0 Å². The molecule has 0 aromatic carbocycles. The molecule has 3 nitrogen and oxygen atoms in total. The fourth-order valence-electron chi connectivity index (χ4n) is 0.764. The maximum Gasteiger partial charge on any atom is 0.330 e. The minimum atomic E-state index is -0.441. The average Bonchev–Trinajstić information content (AvgIpc) is 2.47. The van der Waals surface area contributed by atoms with Crippen LogP contribution < -0.4 is 0 Å². The Hall–Kier alpha value is -1.51. The lowest BCUT2D eigenvalue weighted by Crippen LogP contribution is -1.98. The highest BCUT2D eigenvalue weighted by molar-refractivity contribution is 5.81. The van der Waals surface area contributed by atoms with E-state index >= 15 is 0 Å². The molecule has 1 aromatic rings. The van der Waals surface area contributed by atoms with Crippen LogP contribution in [0.4, 0.5) is 0 Å². The van der Waals surface area contributed by atoms with E-state index in [0.717, 1.165) is 11.8 Å². The minimum absolute atomic E-state index is 0.165. The monoisotopic (exact) mass is 166 g/mol. The predicted octanol–water partition coefficient (Wildman–Crippen LogP) is 1.82. The molecule has 0 atom stereocenters. The smallest absolute Gasteiger partial charge is 0.330 e. The largest absolute Gasteiger partial charge is 0.463 e. The van der Waals surface area contributed by atoms with Gasteiger partial charge < -0.3 is 9.15 Å². The van der Waals surface area contributed by atoms with Gasteiger partial charge in [0.25, 0.3) is 0 Å². The molecule has 1 rings (SSSR count). The summed E-state index contributed by atoms with van der Waals surface area (Å²) >= 11 is 0. The summed E-state index contributed by atoms with van der Waals surface area (Å²) in [7, 11) is 0. The number of hydrogen-bond donors (Lipinski definition) is 0. The molecule has 0 saturated heterocycles. The number of aryl methyl sites for hydroxylation is 1. The molecule has 0 N–H and O–H groups in total. The van der Waals surface area contributed by atoms with E-state index < -0.39 is 5.97 Å². The molecular formula is C9H10O3. The lowest BCUT2D eigenvalue weighted by Gasteiger charge is -1.96. The summed E-state index contributed by atoms with van der Waals surface area (Å²) < 4.78 is 9.91. The van der Waals surface area contributed by atoms with E-state index in [2.05, 4.69) is 6.58 Å². The second-order valence-corrected chi connectivity index (χ2v) is 2.32. The first kappa shape index (κ1) is 8.59. The normalized spacial score (nSPS) is 9.42. The first-order valence-electron chi connectivity index (χ1n) is 3.57. The molecule has 0 aliphatic rings. The van der Waals surface area contributed by atoms with Crippen LogP contribution in [-0.2, 0) is 16.1 Å². The highest BCUT2D eigenvalue weighted by Gasteiger charge is 2.00. The summed E-state index contributed by atoms with van der Waals surface area (Å²) in [6, 6.07) is 3.59. The molecule has 0 unspecified atom stereocenters. The summed E-state index contributed by atoms with van der Waals surface area (Å²) in [6.45, 7) is 5.27. The lowest BCUT2D eigenvalue weighted by atomic mass is 10.4. The van der Waals surface area contributed by atoms with Crippen LogP contribution in [0.1, 0.15) is 11.5 Å². The van der Waals surface area contributed by atoms with Crippen molar-refractivity contribution in [2.75, 3.05) is 0 Å². The Morgan fingerprint density at radius 1 is 1.75 bits per heavy atom. The van der Waals surface area contributed by atoms with Gasteiger partial charge in [0.1, 0.15) is 18.1 Å². The van der Waals surface area contributed by atoms with Crippen LogP contribution in [0.5, 0.6) is 0 Å². The van der Waals surface area contributed by atoms with Gasteiger partial charge in [0, 0.05) is 6.08 Å². The van der Waals surface area contributed by atoms with E-state index in [-0.39, 0.29) is 6.61 Å². The maximum atomic E-state index is 10.6. The number of ether oxygens (including phenoxy) is 1. The van der Waals surface area contributed by atoms with Gasteiger partial charge in [0.05, 0.1) is 0 Å². The van der Waals surface area contributed by atoms with Gasteiger partial charge in [0.15, 0.2) is 0 Å². The third kappa shape index (κ3) is 2.27. The fraction of sp³-hybridized carbons (Fsp3) is 0.222. The van der Waals surface area contributed by atoms with Crippen molar-refractivity contribution in [2.45, 2.75) is 13.5 Å². The zero-order valence-corrected chi connectivity index (χ0v) is 6.87. The number of carbonyl (C=O) groups excluding carboxylic acids is 1. The maximum absolute atomic E-state index is 10.6. The zero-order valence-electron chi connectivity index (χ0n) is 6.87. The molecule has 1 heterocycles. The molecule has 0 aliphatic carbocycles. The van der Waals surface area contributed by atoms with Gasteiger partial charge in [-0.2, -0.15) is 0 Å². The third-order valence-corrected chi connectivity index (χ3v) is 1.32. The second kappa shape index (κ2) is 3.76. The molecule has 64 valence electrons. The Morgan fingerprint density at radius 2 is 2.50 bits per heavy atom. The van der Waals surface area contributed by atoms with Crippen LogP contribution in [0.3, 0.4) is 0 Å². The molecular weight excluding hydrogens is 156 g/mol. The van der Waals surface area contributed by atoms with Crippen molar-refractivity contribution in [3.05, 3.63) is 36.3 Å². The fourth-order valence-corrected chi connectivity index (χ4v) is 0.764. The van der Waals surface area contributed by atoms with Crippen molar-refractivity contribution in [3.63, 3.8) is 0 Å². The third-order valence-electron chi connectivity index (χ3n) is 1.32. The van der Waals surface area contributed by atoms with Gasteiger partial charge in [-0.1, -0.05) is 6.58 Å². The Kier molecular flexibility index (Phi) is 2.69. The number of esters is 1. The van der Waals surface area contributed by atoms with Crippen molar-refractivity contribution in [1.29, 1.82) is 0 Å². The van der Waals surface area contributed by atoms with E-state index in [1.165, 1.54) is 0 Å². The van der Waals surface area contributed by atoms with E-state index in [4.69, 9.17) is 9.15 Å². The Labute approximate surface area is 70.6 Å². The molecule has 0 bridgehead atoms. The topological polar surface area (TPSA) is 39.4 Å². The van der Waals surface area contributed by atoms with E-state index in [9.17, 15) is 4.79 Å². The first-order chi connectivity index (χ1) is 5.72. The van der Waals surface area contributed by atoms with Crippen molar-refractivity contribution < 1.29 is 13.9 Å². The van der Waals surface area contributed by atoms with Gasteiger partial charge in [-0.15, -0.1) is 0 Å². The predicted molar refractivity (Wildman–Crippen MR) is 43.4 cm³/mol. The standard InChI is InChI=1S/C9H10O3/c1-3-9(10)11-6-8-5-4-7(2)12-8/h3-5H,1,6H2,2H3. The molecule has 0 fully saturated rings. The van der Waals surface area contributed by atoms with Gasteiger partial charge >= 0.3 is 5.97 Å². The Balaban J connectivity index is 2.43. The van der Waals surface area contributed by atoms with Gasteiger partial charge in [-0.05, 0) is 19.1 Å². The van der Waals surface area contributed by atoms with Gasteiger partial charge in [0.2, 0.25) is 0 Å². The van der Waals surface area contributed by atoms with Crippen LogP contribution in [0.25, 0.3) is 0 Å². The van der Waals surface area contributed by atoms with E-state index in [1.807, 2.05) is 13.0 Å². The van der Waals surface area contributed by atoms with Crippen LogP contribution >= 0.6 is 0 Å². The van der Waals surface area contributed by atoms with Crippen LogP contribution in [0.2, 0.25) is 0 Å². The number of rotatable bonds is 3. The van der Waals surface area contributed by atoms with Gasteiger partial charge in [-0.25, -0.2) is 4.79 Å². The van der Waals surface area contributed by atoms with Gasteiger partial charge in [-0.3, -0.25) is 0 Å². The van der Waals surface area contributed by atoms with Crippen molar-refractivity contribution in [1.82, 2.24) is 0 Å². The van der Waals surface area contributed by atoms with Crippen LogP contribution in [0.15, 0.2) is 29.2 Å². The molecule has 3 heteroatoms. The number of hydrogen-bond acceptors (Lipinski definition) is 3. The second-order valence-electron chi connectivity index (χ2n) is 2.32. The summed E-state index contributed by atoms with van der Waals surface area (Å²) in [6.07, 6.45) is 1.12. The Morgan fingerprint density at radius 3 is 3.00 bits per heavy atom. The van der Waals surface area contributed by atoms with Crippen molar-refractivity contribution in [2.24, 2.45) is 0 Å². The van der Waals surface area contributed by atoms with E-state index in [1.54, 1.807) is 6.07 Å². The molecule has 0 saturated carbocycles. The number of furan rings is 1. The van der Waals surface area contributed by atoms with E-state index in [0.29, 0.717) is 5.76 Å².